The predicted molar refractivity (Wildman–Crippen MR) is 71.1 cm³/mol. The second kappa shape index (κ2) is 6.86. The molecule has 1 aliphatic heterocycles. The van der Waals surface area contributed by atoms with Gasteiger partial charge in [-0.15, -0.1) is 0 Å². The summed E-state index contributed by atoms with van der Waals surface area (Å²) in [4.78, 5) is 0. The summed E-state index contributed by atoms with van der Waals surface area (Å²) < 4.78 is 19.2. The summed E-state index contributed by atoms with van der Waals surface area (Å²) in [5.74, 6) is 0.277. The minimum atomic E-state index is -0.0997. The largest absolute Gasteiger partial charge is 0.381 e. The molecule has 0 amide bonds. The molecule has 100 valence electrons. The van der Waals surface area contributed by atoms with Gasteiger partial charge in [-0.3, -0.25) is 0 Å². The molecule has 0 saturated carbocycles. The quantitative estimate of drug-likeness (QED) is 0.869. The van der Waals surface area contributed by atoms with Crippen molar-refractivity contribution in [3.05, 3.63) is 35.6 Å². The summed E-state index contributed by atoms with van der Waals surface area (Å²) in [6.45, 7) is 4.74. The van der Waals surface area contributed by atoms with Crippen molar-refractivity contribution in [3.8, 4) is 0 Å². The molecular weight excluding hydrogens is 229 g/mol. The van der Waals surface area contributed by atoms with Crippen LogP contribution in [-0.4, -0.2) is 25.8 Å². The molecule has 2 nitrogen and oxygen atoms in total. The first-order valence-corrected chi connectivity index (χ1v) is 6.85. The standard InChI is InChI=1S/C15H22FNO/c1-2-8-17-15-7-9-18-11-13(15)10-12-5-3-4-6-14(12)16/h3-6,13,15,17H,2,7-11H2,1H3. The molecule has 2 unspecified atom stereocenters. The van der Waals surface area contributed by atoms with Crippen LogP contribution in [-0.2, 0) is 11.2 Å². The van der Waals surface area contributed by atoms with Gasteiger partial charge in [-0.1, -0.05) is 25.1 Å². The zero-order valence-electron chi connectivity index (χ0n) is 11.0. The Bertz CT molecular complexity index is 369. The van der Waals surface area contributed by atoms with E-state index in [0.717, 1.165) is 44.6 Å². The average molecular weight is 251 g/mol. The van der Waals surface area contributed by atoms with Crippen LogP contribution in [0.3, 0.4) is 0 Å². The summed E-state index contributed by atoms with van der Waals surface area (Å²) in [7, 11) is 0. The van der Waals surface area contributed by atoms with Crippen LogP contribution in [0.4, 0.5) is 4.39 Å². The highest BCUT2D eigenvalue weighted by molar-refractivity contribution is 5.18. The van der Waals surface area contributed by atoms with Crippen molar-refractivity contribution in [2.24, 2.45) is 5.92 Å². The fraction of sp³-hybridized carbons (Fsp3) is 0.600. The first-order valence-electron chi connectivity index (χ1n) is 6.85. The van der Waals surface area contributed by atoms with E-state index in [4.69, 9.17) is 4.74 Å². The van der Waals surface area contributed by atoms with Crippen LogP contribution in [0.15, 0.2) is 24.3 Å². The normalized spacial score (nSPS) is 24.1. The van der Waals surface area contributed by atoms with Gasteiger partial charge in [-0.05, 0) is 37.4 Å². The smallest absolute Gasteiger partial charge is 0.126 e. The van der Waals surface area contributed by atoms with Crippen molar-refractivity contribution < 1.29 is 9.13 Å². The Balaban J connectivity index is 1.98. The molecule has 1 heterocycles. The van der Waals surface area contributed by atoms with E-state index in [1.165, 1.54) is 6.07 Å². The maximum absolute atomic E-state index is 13.7. The number of hydrogen-bond acceptors (Lipinski definition) is 2. The minimum Gasteiger partial charge on any atom is -0.381 e. The monoisotopic (exact) mass is 251 g/mol. The second-order valence-corrected chi connectivity index (χ2v) is 4.98. The first-order chi connectivity index (χ1) is 8.81. The van der Waals surface area contributed by atoms with Crippen LogP contribution >= 0.6 is 0 Å². The Morgan fingerprint density at radius 2 is 2.22 bits per heavy atom. The topological polar surface area (TPSA) is 21.3 Å². The maximum Gasteiger partial charge on any atom is 0.126 e. The lowest BCUT2D eigenvalue weighted by atomic mass is 9.89. The Morgan fingerprint density at radius 1 is 1.39 bits per heavy atom. The van der Waals surface area contributed by atoms with E-state index in [0.29, 0.717) is 12.0 Å². The molecule has 1 saturated heterocycles. The van der Waals surface area contributed by atoms with Crippen molar-refractivity contribution in [1.82, 2.24) is 5.32 Å². The van der Waals surface area contributed by atoms with E-state index in [1.807, 2.05) is 12.1 Å². The summed E-state index contributed by atoms with van der Waals surface area (Å²) in [6.07, 6.45) is 2.91. The first kappa shape index (κ1) is 13.5. The van der Waals surface area contributed by atoms with Crippen LogP contribution in [0.1, 0.15) is 25.3 Å². The molecule has 0 spiro atoms. The molecule has 1 aliphatic rings. The minimum absolute atomic E-state index is 0.0997. The van der Waals surface area contributed by atoms with Gasteiger partial charge in [-0.25, -0.2) is 4.39 Å². The Labute approximate surface area is 109 Å². The van der Waals surface area contributed by atoms with Gasteiger partial charge < -0.3 is 10.1 Å². The molecule has 1 aromatic rings. The van der Waals surface area contributed by atoms with Crippen molar-refractivity contribution in [1.29, 1.82) is 0 Å². The third-order valence-electron chi connectivity index (χ3n) is 3.57. The lowest BCUT2D eigenvalue weighted by Crippen LogP contribution is -2.44. The number of rotatable bonds is 5. The van der Waals surface area contributed by atoms with Crippen molar-refractivity contribution in [3.63, 3.8) is 0 Å². The van der Waals surface area contributed by atoms with E-state index in [2.05, 4.69) is 12.2 Å². The molecule has 0 aliphatic carbocycles. The van der Waals surface area contributed by atoms with E-state index in [1.54, 1.807) is 6.07 Å². The Kier molecular flexibility index (Phi) is 5.14. The molecule has 2 atom stereocenters. The maximum atomic E-state index is 13.7. The van der Waals surface area contributed by atoms with Gasteiger partial charge in [0, 0.05) is 18.6 Å². The molecular formula is C15H22FNO. The highest BCUT2D eigenvalue weighted by atomic mass is 19.1. The SMILES string of the molecule is CCCNC1CCOCC1Cc1ccccc1F. The van der Waals surface area contributed by atoms with Gasteiger partial charge in [0.1, 0.15) is 5.82 Å². The average Bonchev–Trinajstić information content (AvgIpc) is 2.40. The molecule has 0 bridgehead atoms. The molecule has 0 radical (unpaired) electrons. The molecule has 1 fully saturated rings. The van der Waals surface area contributed by atoms with Gasteiger partial charge in [-0.2, -0.15) is 0 Å². The van der Waals surface area contributed by atoms with E-state index >= 15 is 0 Å². The summed E-state index contributed by atoms with van der Waals surface area (Å²) in [5.41, 5.74) is 0.802. The lowest BCUT2D eigenvalue weighted by Gasteiger charge is -2.32. The molecule has 1 N–H and O–H groups in total. The van der Waals surface area contributed by atoms with Crippen molar-refractivity contribution in [2.75, 3.05) is 19.8 Å². The highest BCUT2D eigenvalue weighted by Gasteiger charge is 2.25. The van der Waals surface area contributed by atoms with Crippen LogP contribution < -0.4 is 5.32 Å². The van der Waals surface area contributed by atoms with Crippen LogP contribution in [0, 0.1) is 11.7 Å². The van der Waals surface area contributed by atoms with E-state index < -0.39 is 0 Å². The summed E-state index contributed by atoms with van der Waals surface area (Å²) in [6, 6.07) is 7.51. The summed E-state index contributed by atoms with van der Waals surface area (Å²) >= 11 is 0. The van der Waals surface area contributed by atoms with Gasteiger partial charge in [0.25, 0.3) is 0 Å². The van der Waals surface area contributed by atoms with Gasteiger partial charge in [0.15, 0.2) is 0 Å². The van der Waals surface area contributed by atoms with Crippen LogP contribution in [0.5, 0.6) is 0 Å². The molecule has 0 aromatic heterocycles. The zero-order chi connectivity index (χ0) is 12.8. The number of benzene rings is 1. The van der Waals surface area contributed by atoms with Gasteiger partial charge >= 0.3 is 0 Å². The number of nitrogens with one attached hydrogen (secondary N) is 1. The second-order valence-electron chi connectivity index (χ2n) is 4.98. The summed E-state index contributed by atoms with van der Waals surface area (Å²) in [5, 5.41) is 3.56. The third kappa shape index (κ3) is 3.53. The zero-order valence-corrected chi connectivity index (χ0v) is 11.0. The molecule has 1 aromatic carbocycles. The number of ether oxygens (including phenoxy) is 1. The Morgan fingerprint density at radius 3 is 3.00 bits per heavy atom. The van der Waals surface area contributed by atoms with Gasteiger partial charge in [0.05, 0.1) is 6.61 Å². The van der Waals surface area contributed by atoms with Crippen LogP contribution in [0.2, 0.25) is 0 Å². The highest BCUT2D eigenvalue weighted by Crippen LogP contribution is 2.21. The fourth-order valence-corrected chi connectivity index (χ4v) is 2.54. The third-order valence-corrected chi connectivity index (χ3v) is 3.57. The van der Waals surface area contributed by atoms with Gasteiger partial charge in [0.2, 0.25) is 0 Å². The lowest BCUT2D eigenvalue weighted by molar-refractivity contribution is 0.0320. The number of hydrogen-bond donors (Lipinski definition) is 1. The van der Waals surface area contributed by atoms with Crippen LogP contribution in [0.25, 0.3) is 0 Å². The predicted octanol–water partition coefficient (Wildman–Crippen LogP) is 2.77. The van der Waals surface area contributed by atoms with E-state index in [9.17, 15) is 4.39 Å². The van der Waals surface area contributed by atoms with Crippen molar-refractivity contribution in [2.45, 2.75) is 32.2 Å². The fourth-order valence-electron chi connectivity index (χ4n) is 2.54. The number of halogens is 1. The van der Waals surface area contributed by atoms with Crippen molar-refractivity contribution >= 4 is 0 Å². The Hall–Kier alpha value is -0.930. The molecule has 2 rings (SSSR count). The molecule has 3 heteroatoms. The van der Waals surface area contributed by atoms with E-state index in [-0.39, 0.29) is 5.82 Å². The molecule has 18 heavy (non-hydrogen) atoms.